The highest BCUT2D eigenvalue weighted by atomic mass is 35.5. The third-order valence-electron chi connectivity index (χ3n) is 5.89. The summed E-state index contributed by atoms with van der Waals surface area (Å²) in [5.41, 5.74) is 1.83. The molecule has 13 nitrogen and oxygen atoms in total. The number of ether oxygens (including phenoxy) is 1. The van der Waals surface area contributed by atoms with E-state index in [1.165, 1.54) is 13.2 Å². The number of benzene rings is 2. The van der Waals surface area contributed by atoms with Crippen LogP contribution in [0, 0.1) is 0 Å². The number of fused-ring (bicyclic) bond motifs is 1. The topological polar surface area (TPSA) is 187 Å². The van der Waals surface area contributed by atoms with E-state index in [1.54, 1.807) is 30.5 Å². The molecule has 2 aromatic carbocycles. The number of aliphatic imine (C=N–C) groups is 1. The summed E-state index contributed by atoms with van der Waals surface area (Å²) in [7, 11) is 1.24. The van der Waals surface area contributed by atoms with Gasteiger partial charge in [-0.15, -0.1) is 0 Å². The van der Waals surface area contributed by atoms with Crippen molar-refractivity contribution in [3.05, 3.63) is 57.7 Å². The van der Waals surface area contributed by atoms with Crippen LogP contribution in [-0.4, -0.2) is 84.1 Å². The Hall–Kier alpha value is -4.64. The summed E-state index contributed by atoms with van der Waals surface area (Å²) < 4.78 is 49.8. The number of aromatic amines is 1. The Kier molecular flexibility index (Phi) is 11.9. The lowest BCUT2D eigenvalue weighted by Crippen LogP contribution is -2.41. The molecule has 242 valence electrons. The highest BCUT2D eigenvalue weighted by molar-refractivity contribution is 6.34. The Labute approximate surface area is 261 Å². The van der Waals surface area contributed by atoms with E-state index < -0.39 is 42.1 Å². The van der Waals surface area contributed by atoms with Gasteiger partial charge in [0.05, 0.1) is 56.6 Å². The maximum atomic E-state index is 13.4. The van der Waals surface area contributed by atoms with Crippen LogP contribution in [0.15, 0.2) is 41.5 Å². The maximum absolute atomic E-state index is 13.4. The van der Waals surface area contributed by atoms with Gasteiger partial charge in [-0.2, -0.15) is 18.3 Å². The molecule has 0 bridgehead atoms. The van der Waals surface area contributed by atoms with Crippen LogP contribution in [0.1, 0.15) is 28.4 Å². The summed E-state index contributed by atoms with van der Waals surface area (Å²) >= 11 is 12.2. The predicted molar refractivity (Wildman–Crippen MR) is 155 cm³/mol. The van der Waals surface area contributed by atoms with Crippen LogP contribution in [0.5, 0.6) is 0 Å². The first-order chi connectivity index (χ1) is 21.2. The van der Waals surface area contributed by atoms with Crippen LogP contribution in [0.3, 0.4) is 0 Å². The molecule has 0 spiro atoms. The van der Waals surface area contributed by atoms with Crippen molar-refractivity contribution in [1.29, 1.82) is 0 Å². The number of anilines is 1. The Morgan fingerprint density at radius 3 is 2.38 bits per heavy atom. The normalized spacial score (nSPS) is 15.0. The number of carbonyl (C=O) groups excluding carboxylic acids is 3. The Morgan fingerprint density at radius 2 is 1.80 bits per heavy atom. The van der Waals surface area contributed by atoms with Gasteiger partial charge in [-0.1, -0.05) is 23.2 Å². The molecule has 1 aliphatic heterocycles. The number of esters is 1. The van der Waals surface area contributed by atoms with Crippen molar-refractivity contribution in [2.45, 2.75) is 24.8 Å². The standard InChI is InChI=1S/C24H24Cl2FN7O4.C2HF3O2/c1-38-22(36)7-18(12-2-14(25)6-15(26)3-12)32-21(35)11-28-23(37)13-4-19(17-10-31-34-20(17)5-13)33-24-29-8-16(27)9-30-24;3-2(4,5)1(6)7/h2-6,10,16,18H,7-9,11H2,1H3,(H,28,37)(H,31,34)(H,32,35)(H2,29,30,33);(H,6,7)/t18-;/m0./s1. The fourth-order valence-corrected chi connectivity index (χ4v) is 4.34. The molecule has 19 heteroatoms. The van der Waals surface area contributed by atoms with Crippen molar-refractivity contribution in [3.63, 3.8) is 0 Å². The maximum Gasteiger partial charge on any atom is 0.490 e. The molecule has 2 heterocycles. The molecule has 0 fully saturated rings. The van der Waals surface area contributed by atoms with Gasteiger partial charge in [-0.3, -0.25) is 19.5 Å². The molecular weight excluding hydrogens is 653 g/mol. The number of nitrogens with zero attached hydrogens (tertiary/aromatic N) is 2. The first kappa shape index (κ1) is 34.8. The Morgan fingerprint density at radius 1 is 1.13 bits per heavy atom. The average molecular weight is 678 g/mol. The van der Waals surface area contributed by atoms with E-state index >= 15 is 0 Å². The fraction of sp³-hybridized carbons (Fsp3) is 0.308. The van der Waals surface area contributed by atoms with Gasteiger partial charge in [0.15, 0.2) is 5.96 Å². The van der Waals surface area contributed by atoms with Gasteiger partial charge >= 0.3 is 18.1 Å². The van der Waals surface area contributed by atoms with Gasteiger partial charge < -0.3 is 31.1 Å². The number of H-pyrrole nitrogens is 1. The first-order valence-electron chi connectivity index (χ1n) is 12.7. The van der Waals surface area contributed by atoms with Crippen LogP contribution in [0.2, 0.25) is 10.0 Å². The van der Waals surface area contributed by atoms with Gasteiger partial charge in [-0.05, 0) is 35.9 Å². The van der Waals surface area contributed by atoms with Crippen LogP contribution >= 0.6 is 23.2 Å². The lowest BCUT2D eigenvalue weighted by molar-refractivity contribution is -0.192. The molecule has 6 N–H and O–H groups in total. The van der Waals surface area contributed by atoms with Crippen molar-refractivity contribution in [1.82, 2.24) is 26.1 Å². The van der Waals surface area contributed by atoms with Gasteiger partial charge in [0.25, 0.3) is 5.91 Å². The summed E-state index contributed by atoms with van der Waals surface area (Å²) in [6.07, 6.45) is -4.74. The number of methoxy groups -OCH3 is 1. The van der Waals surface area contributed by atoms with Crippen LogP contribution < -0.4 is 21.3 Å². The molecule has 1 unspecified atom stereocenters. The summed E-state index contributed by atoms with van der Waals surface area (Å²) in [5.74, 6) is -4.02. The summed E-state index contributed by atoms with van der Waals surface area (Å²) in [4.78, 5) is 50.5. The fourth-order valence-electron chi connectivity index (χ4n) is 3.80. The molecule has 1 aliphatic rings. The molecule has 0 radical (unpaired) electrons. The number of alkyl halides is 4. The van der Waals surface area contributed by atoms with E-state index in [0.29, 0.717) is 38.2 Å². The van der Waals surface area contributed by atoms with Crippen molar-refractivity contribution in [2.75, 3.05) is 32.1 Å². The molecule has 45 heavy (non-hydrogen) atoms. The third-order valence-corrected chi connectivity index (χ3v) is 6.32. The molecule has 0 aliphatic carbocycles. The second kappa shape index (κ2) is 15.4. The Balaban J connectivity index is 0.000000707. The number of halogens is 6. The van der Waals surface area contributed by atoms with Crippen LogP contribution in [0.25, 0.3) is 10.9 Å². The number of hydrogen-bond acceptors (Lipinski definition) is 9. The summed E-state index contributed by atoms with van der Waals surface area (Å²) in [6.45, 7) is -0.230. The van der Waals surface area contributed by atoms with E-state index in [4.69, 9.17) is 37.8 Å². The summed E-state index contributed by atoms with van der Waals surface area (Å²) in [5, 5.41) is 26.5. The molecule has 3 aromatic rings. The second-order valence-corrected chi connectivity index (χ2v) is 10.1. The number of nitrogens with one attached hydrogen (secondary N) is 5. The quantitative estimate of drug-likeness (QED) is 0.154. The largest absolute Gasteiger partial charge is 0.490 e. The zero-order chi connectivity index (χ0) is 33.3. The van der Waals surface area contributed by atoms with Crippen molar-refractivity contribution < 1.29 is 46.6 Å². The van der Waals surface area contributed by atoms with E-state index in [9.17, 15) is 31.9 Å². The Bertz CT molecular complexity index is 1580. The first-order valence-corrected chi connectivity index (χ1v) is 13.5. The summed E-state index contributed by atoms with van der Waals surface area (Å²) in [6, 6.07) is 7.05. The van der Waals surface area contributed by atoms with Crippen molar-refractivity contribution in [3.8, 4) is 0 Å². The number of carbonyl (C=O) groups is 4. The van der Waals surface area contributed by atoms with Gasteiger partial charge in [0, 0.05) is 21.0 Å². The minimum atomic E-state index is -5.08. The monoisotopic (exact) mass is 677 g/mol. The predicted octanol–water partition coefficient (Wildman–Crippen LogP) is 3.36. The minimum absolute atomic E-state index is 0.0253. The molecule has 2 amide bonds. The molecule has 4 rings (SSSR count). The van der Waals surface area contributed by atoms with Crippen LogP contribution in [-0.2, 0) is 19.1 Å². The zero-order valence-corrected chi connectivity index (χ0v) is 24.6. The number of carboxylic acids is 1. The molecular formula is C26H25Cl2F4N7O6. The number of hydrogen-bond donors (Lipinski definition) is 6. The van der Waals surface area contributed by atoms with Crippen LogP contribution in [0.4, 0.5) is 23.2 Å². The molecule has 0 saturated carbocycles. The molecule has 2 atom stereocenters. The smallest absolute Gasteiger partial charge is 0.475 e. The van der Waals surface area contributed by atoms with Gasteiger partial charge in [0.1, 0.15) is 6.17 Å². The lowest BCUT2D eigenvalue weighted by Gasteiger charge is -2.20. The average Bonchev–Trinajstić information content (AvgIpc) is 3.45. The third kappa shape index (κ3) is 10.5. The minimum Gasteiger partial charge on any atom is -0.475 e. The lowest BCUT2D eigenvalue weighted by atomic mass is 10.0. The van der Waals surface area contributed by atoms with Gasteiger partial charge in [-0.25, -0.2) is 14.2 Å². The van der Waals surface area contributed by atoms with E-state index in [-0.39, 0.29) is 31.6 Å². The number of carboxylic acid groups (broad SMARTS) is 1. The SMILES string of the molecule is COC(=O)C[C@H](NC(=O)CNC(=O)c1cc(NC2=NCC(F)CN2)c2cn[nH]c2c1)c1cc(Cl)cc(Cl)c1.O=C(O)C(F)(F)F. The number of aliphatic carboxylic acids is 1. The molecule has 0 saturated heterocycles. The van der Waals surface area contributed by atoms with Gasteiger partial charge in [0.2, 0.25) is 5.91 Å². The van der Waals surface area contributed by atoms with E-state index in [0.717, 1.165) is 0 Å². The zero-order valence-electron chi connectivity index (χ0n) is 23.1. The number of amides is 2. The van der Waals surface area contributed by atoms with E-state index in [2.05, 4.69) is 36.5 Å². The number of guanidine groups is 1. The number of aromatic nitrogens is 2. The second-order valence-electron chi connectivity index (χ2n) is 9.24. The van der Waals surface area contributed by atoms with Crippen molar-refractivity contribution >= 4 is 69.5 Å². The highest BCUT2D eigenvalue weighted by Crippen LogP contribution is 2.26. The highest BCUT2D eigenvalue weighted by Gasteiger charge is 2.38. The molecule has 1 aromatic heterocycles. The van der Waals surface area contributed by atoms with E-state index in [1.807, 2.05) is 0 Å². The van der Waals surface area contributed by atoms with Crippen molar-refractivity contribution in [2.24, 2.45) is 4.99 Å². The number of rotatable bonds is 8.